The van der Waals surface area contributed by atoms with Gasteiger partial charge in [-0.05, 0) is 36.6 Å². The van der Waals surface area contributed by atoms with Crippen molar-refractivity contribution in [3.05, 3.63) is 89.7 Å². The Bertz CT molecular complexity index is 947. The maximum atomic E-state index is 13.0. The summed E-state index contributed by atoms with van der Waals surface area (Å²) < 4.78 is 7.51. The zero-order valence-electron chi connectivity index (χ0n) is 16.1. The maximum absolute atomic E-state index is 13.0. The summed E-state index contributed by atoms with van der Waals surface area (Å²) in [5.41, 5.74) is 2.13. The van der Waals surface area contributed by atoms with Crippen molar-refractivity contribution in [1.82, 2.24) is 14.7 Å². The first-order valence-corrected chi connectivity index (χ1v) is 9.82. The van der Waals surface area contributed by atoms with Crippen molar-refractivity contribution < 1.29 is 14.3 Å². The lowest BCUT2D eigenvalue weighted by atomic mass is 10.1. The monoisotopic (exact) mass is 389 g/mol. The average Bonchev–Trinajstić information content (AvgIpc) is 3.47. The first-order chi connectivity index (χ1) is 14.2. The highest BCUT2D eigenvalue weighted by molar-refractivity contribution is 5.92. The predicted octanol–water partition coefficient (Wildman–Crippen LogP) is 3.45. The zero-order valence-corrected chi connectivity index (χ0v) is 16.1. The molecule has 1 atom stereocenters. The summed E-state index contributed by atoms with van der Waals surface area (Å²) >= 11 is 0. The molecule has 2 heterocycles. The topological polar surface area (TPSA) is 64.4 Å². The van der Waals surface area contributed by atoms with E-state index in [0.29, 0.717) is 30.8 Å². The van der Waals surface area contributed by atoms with Gasteiger partial charge in [-0.2, -0.15) is 5.10 Å². The molecule has 1 aromatic heterocycles. The van der Waals surface area contributed by atoms with Gasteiger partial charge in [-0.1, -0.05) is 42.5 Å². The molecule has 0 radical (unpaired) electrons. The van der Waals surface area contributed by atoms with Crippen LogP contribution in [0.1, 0.15) is 40.4 Å². The van der Waals surface area contributed by atoms with Crippen LogP contribution in [0.5, 0.6) is 0 Å². The van der Waals surface area contributed by atoms with Crippen LogP contribution < -0.4 is 0 Å². The minimum absolute atomic E-state index is 0.155. The van der Waals surface area contributed by atoms with Crippen LogP contribution in [0.2, 0.25) is 0 Å². The molecule has 1 aliphatic rings. The Morgan fingerprint density at radius 1 is 0.966 bits per heavy atom. The summed E-state index contributed by atoms with van der Waals surface area (Å²) in [5.74, 6) is -0.658. The van der Waals surface area contributed by atoms with Crippen LogP contribution in [0.25, 0.3) is 0 Å². The van der Waals surface area contributed by atoms with Gasteiger partial charge in [-0.25, -0.2) is 4.79 Å². The molecular weight excluding hydrogens is 366 g/mol. The smallest absolute Gasteiger partial charge is 0.339 e. The molecule has 3 aromatic rings. The van der Waals surface area contributed by atoms with Crippen molar-refractivity contribution in [3.8, 4) is 0 Å². The number of likely N-dealkylation sites (tertiary alicyclic amines) is 1. The summed E-state index contributed by atoms with van der Waals surface area (Å²) in [7, 11) is 0. The summed E-state index contributed by atoms with van der Waals surface area (Å²) in [6.45, 7) is 2.05. The first-order valence-electron chi connectivity index (χ1n) is 9.82. The van der Waals surface area contributed by atoms with Gasteiger partial charge in [-0.15, -0.1) is 0 Å². The Morgan fingerprint density at radius 2 is 1.69 bits per heavy atom. The van der Waals surface area contributed by atoms with E-state index >= 15 is 0 Å². The molecule has 1 saturated heterocycles. The van der Waals surface area contributed by atoms with Crippen LogP contribution in [0, 0.1) is 0 Å². The average molecular weight is 389 g/mol. The highest BCUT2D eigenvalue weighted by Crippen LogP contribution is 2.24. The number of ether oxygens (including phenoxy) is 1. The Balaban J connectivity index is 1.49. The molecular formula is C23H23N3O3. The molecule has 0 bridgehead atoms. The molecule has 1 aliphatic heterocycles. The first kappa shape index (κ1) is 18.9. The number of hydrogen-bond acceptors (Lipinski definition) is 4. The normalized spacial score (nSPS) is 14.6. The van der Waals surface area contributed by atoms with Crippen molar-refractivity contribution in [3.63, 3.8) is 0 Å². The number of aromatic nitrogens is 2. The molecule has 29 heavy (non-hydrogen) atoms. The van der Waals surface area contributed by atoms with Crippen molar-refractivity contribution in [2.75, 3.05) is 13.1 Å². The van der Waals surface area contributed by atoms with Crippen LogP contribution in [-0.4, -0.2) is 39.6 Å². The summed E-state index contributed by atoms with van der Waals surface area (Å²) in [5, 5.41) is 4.18. The van der Waals surface area contributed by atoms with Gasteiger partial charge in [0.05, 0.1) is 12.1 Å². The molecule has 4 rings (SSSR count). The zero-order chi connectivity index (χ0) is 20.1. The van der Waals surface area contributed by atoms with E-state index in [-0.39, 0.29) is 5.91 Å². The number of carbonyl (C=O) groups excluding carboxylic acids is 2. The Hall–Kier alpha value is -3.41. The van der Waals surface area contributed by atoms with E-state index in [1.54, 1.807) is 23.2 Å². The van der Waals surface area contributed by atoms with Crippen LogP contribution >= 0.6 is 0 Å². The number of benzene rings is 2. The number of carbonyl (C=O) groups is 2. The molecule has 0 N–H and O–H groups in total. The molecule has 0 saturated carbocycles. The van der Waals surface area contributed by atoms with Crippen molar-refractivity contribution >= 4 is 11.9 Å². The minimum atomic E-state index is -0.925. The third kappa shape index (κ3) is 4.54. The lowest BCUT2D eigenvalue weighted by molar-refractivity contribution is -0.140. The molecule has 0 spiro atoms. The fourth-order valence-corrected chi connectivity index (χ4v) is 3.49. The van der Waals surface area contributed by atoms with E-state index in [4.69, 9.17) is 4.74 Å². The second-order valence-electron chi connectivity index (χ2n) is 7.13. The van der Waals surface area contributed by atoms with Gasteiger partial charge in [0.2, 0.25) is 6.10 Å². The molecule has 1 unspecified atom stereocenters. The highest BCUT2D eigenvalue weighted by atomic mass is 16.5. The fourth-order valence-electron chi connectivity index (χ4n) is 3.49. The lowest BCUT2D eigenvalue weighted by Gasteiger charge is -2.23. The van der Waals surface area contributed by atoms with E-state index in [0.717, 1.165) is 18.4 Å². The van der Waals surface area contributed by atoms with Crippen LogP contribution in [0.15, 0.2) is 73.1 Å². The Morgan fingerprint density at radius 3 is 2.34 bits per heavy atom. The van der Waals surface area contributed by atoms with Crippen molar-refractivity contribution in [1.29, 1.82) is 0 Å². The third-order valence-corrected chi connectivity index (χ3v) is 5.06. The van der Waals surface area contributed by atoms with Gasteiger partial charge in [0.25, 0.3) is 5.91 Å². The van der Waals surface area contributed by atoms with Crippen LogP contribution in [0.4, 0.5) is 0 Å². The molecule has 2 aromatic carbocycles. The lowest BCUT2D eigenvalue weighted by Crippen LogP contribution is -2.34. The van der Waals surface area contributed by atoms with Crippen molar-refractivity contribution in [2.45, 2.75) is 25.5 Å². The third-order valence-electron chi connectivity index (χ3n) is 5.06. The van der Waals surface area contributed by atoms with Gasteiger partial charge in [0.15, 0.2) is 0 Å². The second kappa shape index (κ2) is 8.73. The summed E-state index contributed by atoms with van der Waals surface area (Å²) in [6.07, 6.45) is 4.66. The van der Waals surface area contributed by atoms with Crippen molar-refractivity contribution in [2.24, 2.45) is 0 Å². The molecule has 0 aliphatic carbocycles. The molecule has 6 nitrogen and oxygen atoms in total. The minimum Gasteiger partial charge on any atom is -0.444 e. The van der Waals surface area contributed by atoms with Gasteiger partial charge in [0, 0.05) is 31.0 Å². The number of amides is 1. The predicted molar refractivity (Wildman–Crippen MR) is 108 cm³/mol. The van der Waals surface area contributed by atoms with E-state index in [1.165, 1.54) is 0 Å². The number of rotatable bonds is 6. The van der Waals surface area contributed by atoms with Gasteiger partial charge < -0.3 is 9.64 Å². The van der Waals surface area contributed by atoms with Gasteiger partial charge >= 0.3 is 5.97 Å². The van der Waals surface area contributed by atoms with Crippen LogP contribution in [0.3, 0.4) is 0 Å². The highest BCUT2D eigenvalue weighted by Gasteiger charge is 2.31. The summed E-state index contributed by atoms with van der Waals surface area (Å²) in [4.78, 5) is 27.5. The van der Waals surface area contributed by atoms with E-state index < -0.39 is 12.1 Å². The number of nitrogens with zero attached hydrogens (tertiary/aromatic N) is 3. The van der Waals surface area contributed by atoms with Crippen LogP contribution in [-0.2, 0) is 16.1 Å². The molecule has 1 fully saturated rings. The largest absolute Gasteiger partial charge is 0.444 e. The van der Waals surface area contributed by atoms with E-state index in [1.807, 2.05) is 59.4 Å². The van der Waals surface area contributed by atoms with E-state index in [2.05, 4.69) is 5.10 Å². The summed E-state index contributed by atoms with van der Waals surface area (Å²) in [6, 6.07) is 18.3. The Labute approximate surface area is 169 Å². The SMILES string of the molecule is O=C(OC(C(=O)N1CCCC1)c1ccccc1)c1ccc(Cn2cccn2)cc1. The number of esters is 1. The molecule has 6 heteroatoms. The quantitative estimate of drug-likeness (QED) is 0.606. The van der Waals surface area contributed by atoms with Gasteiger partial charge in [0.1, 0.15) is 0 Å². The number of hydrogen-bond donors (Lipinski definition) is 0. The standard InChI is InChI=1S/C23H23N3O3/c27-22(25-14-4-5-15-25)21(19-7-2-1-3-8-19)29-23(28)20-11-9-18(10-12-20)17-26-16-6-13-24-26/h1-3,6-13,16,21H,4-5,14-15,17H2. The molecule has 1 amide bonds. The van der Waals surface area contributed by atoms with Gasteiger partial charge in [-0.3, -0.25) is 9.48 Å². The second-order valence-corrected chi connectivity index (χ2v) is 7.13. The Kier molecular flexibility index (Phi) is 5.70. The fraction of sp³-hybridized carbons (Fsp3) is 0.261. The maximum Gasteiger partial charge on any atom is 0.339 e. The van der Waals surface area contributed by atoms with E-state index in [9.17, 15) is 9.59 Å². The molecule has 148 valence electrons.